The first kappa shape index (κ1) is 19.6. The van der Waals surface area contributed by atoms with Crippen LogP contribution in [-0.2, 0) is 6.61 Å². The minimum absolute atomic E-state index is 0.0322. The van der Waals surface area contributed by atoms with Gasteiger partial charge in [0.25, 0.3) is 11.6 Å². The van der Waals surface area contributed by atoms with E-state index in [4.69, 9.17) is 4.74 Å². The van der Waals surface area contributed by atoms with Crippen LogP contribution in [-0.4, -0.2) is 21.0 Å². The van der Waals surface area contributed by atoms with E-state index in [2.05, 4.69) is 31.4 Å². The summed E-state index contributed by atoms with van der Waals surface area (Å²) in [5.41, 5.74) is 2.10. The van der Waals surface area contributed by atoms with Gasteiger partial charge < -0.3 is 10.1 Å². The lowest BCUT2D eigenvalue weighted by atomic mass is 10.2. The van der Waals surface area contributed by atoms with Crippen molar-refractivity contribution in [3.05, 3.63) is 92.4 Å². The lowest BCUT2D eigenvalue weighted by Crippen LogP contribution is -2.12. The predicted molar refractivity (Wildman–Crippen MR) is 116 cm³/mol. The minimum atomic E-state index is -0.443. The number of rotatable bonds is 6. The normalized spacial score (nSPS) is 10.7. The smallest absolute Gasteiger partial charge is 0.269 e. The molecule has 3 aromatic carbocycles. The van der Waals surface area contributed by atoms with Crippen molar-refractivity contribution in [3.63, 3.8) is 0 Å². The third-order valence-corrected chi connectivity index (χ3v) is 4.95. The SMILES string of the molecule is O=C(Nc1n[nH]c2ccc(OCc3ccc([N+](=O)[O-])cc3)cc12)c1ccc(Br)cc1. The summed E-state index contributed by atoms with van der Waals surface area (Å²) >= 11 is 3.34. The molecule has 0 aliphatic rings. The second-order valence-electron chi connectivity index (χ2n) is 6.45. The number of hydrogen-bond acceptors (Lipinski definition) is 5. The number of H-pyrrole nitrogens is 1. The lowest BCUT2D eigenvalue weighted by molar-refractivity contribution is -0.384. The van der Waals surface area contributed by atoms with Crippen LogP contribution in [0.1, 0.15) is 15.9 Å². The number of carbonyl (C=O) groups excluding carboxylic acids is 1. The number of hydrogen-bond donors (Lipinski definition) is 2. The van der Waals surface area contributed by atoms with Gasteiger partial charge >= 0.3 is 0 Å². The number of ether oxygens (including phenoxy) is 1. The molecule has 1 heterocycles. The molecule has 30 heavy (non-hydrogen) atoms. The summed E-state index contributed by atoms with van der Waals surface area (Å²) in [5, 5.41) is 21.3. The molecule has 0 unspecified atom stereocenters. The summed E-state index contributed by atoms with van der Waals surface area (Å²) in [6.07, 6.45) is 0. The van der Waals surface area contributed by atoms with E-state index in [0.29, 0.717) is 22.5 Å². The van der Waals surface area contributed by atoms with Crippen molar-refractivity contribution in [2.45, 2.75) is 6.61 Å². The maximum Gasteiger partial charge on any atom is 0.269 e. The summed E-state index contributed by atoms with van der Waals surface area (Å²) in [6, 6.07) is 18.6. The van der Waals surface area contributed by atoms with Gasteiger partial charge in [-0.2, -0.15) is 5.10 Å². The Hall–Kier alpha value is -3.72. The third kappa shape index (κ3) is 4.31. The van der Waals surface area contributed by atoms with Crippen molar-refractivity contribution in [1.82, 2.24) is 10.2 Å². The number of nitrogens with one attached hydrogen (secondary N) is 2. The number of carbonyl (C=O) groups is 1. The highest BCUT2D eigenvalue weighted by molar-refractivity contribution is 9.10. The maximum absolute atomic E-state index is 12.5. The molecule has 0 saturated carbocycles. The van der Waals surface area contributed by atoms with Crippen LogP contribution in [0.3, 0.4) is 0 Å². The van der Waals surface area contributed by atoms with Crippen LogP contribution < -0.4 is 10.1 Å². The van der Waals surface area contributed by atoms with Crippen LogP contribution in [0, 0.1) is 10.1 Å². The van der Waals surface area contributed by atoms with Gasteiger partial charge in [0.15, 0.2) is 5.82 Å². The van der Waals surface area contributed by atoms with Crippen LogP contribution in [0.4, 0.5) is 11.5 Å². The van der Waals surface area contributed by atoms with Gasteiger partial charge in [-0.1, -0.05) is 15.9 Å². The number of nitro groups is 1. The number of anilines is 1. The van der Waals surface area contributed by atoms with Gasteiger partial charge in [0.05, 0.1) is 10.4 Å². The predicted octanol–water partition coefficient (Wildman–Crippen LogP) is 5.06. The standard InChI is InChI=1S/C21H15BrN4O4/c22-15-5-3-14(4-6-15)21(27)23-20-18-11-17(9-10-19(18)24-25-20)30-12-13-1-7-16(8-2-13)26(28)29/h1-11H,12H2,(H2,23,24,25,27). The molecule has 0 radical (unpaired) electrons. The summed E-state index contributed by atoms with van der Waals surface area (Å²) in [4.78, 5) is 22.8. The molecule has 9 heteroatoms. The van der Waals surface area contributed by atoms with E-state index >= 15 is 0 Å². The van der Waals surface area contributed by atoms with Crippen molar-refractivity contribution in [1.29, 1.82) is 0 Å². The van der Waals surface area contributed by atoms with Crippen molar-refractivity contribution in [2.24, 2.45) is 0 Å². The molecular weight excluding hydrogens is 452 g/mol. The van der Waals surface area contributed by atoms with E-state index in [1.54, 1.807) is 48.5 Å². The second kappa shape index (κ2) is 8.34. The molecule has 1 amide bonds. The Kier molecular flexibility index (Phi) is 5.44. The lowest BCUT2D eigenvalue weighted by Gasteiger charge is -2.07. The average Bonchev–Trinajstić information content (AvgIpc) is 3.15. The number of non-ortho nitro benzene ring substituents is 1. The van der Waals surface area contributed by atoms with Gasteiger partial charge in [-0.3, -0.25) is 20.0 Å². The van der Waals surface area contributed by atoms with Crippen LogP contribution in [0.2, 0.25) is 0 Å². The van der Waals surface area contributed by atoms with Gasteiger partial charge in [-0.25, -0.2) is 0 Å². The molecule has 0 fully saturated rings. The van der Waals surface area contributed by atoms with Gasteiger partial charge in [0, 0.05) is 27.6 Å². The van der Waals surface area contributed by atoms with Crippen LogP contribution >= 0.6 is 15.9 Å². The molecule has 150 valence electrons. The summed E-state index contributed by atoms with van der Waals surface area (Å²) < 4.78 is 6.69. The molecule has 2 N–H and O–H groups in total. The van der Waals surface area contributed by atoms with Crippen molar-refractivity contribution in [3.8, 4) is 5.75 Å². The highest BCUT2D eigenvalue weighted by atomic mass is 79.9. The van der Waals surface area contributed by atoms with Crippen molar-refractivity contribution < 1.29 is 14.5 Å². The molecule has 0 bridgehead atoms. The first-order valence-corrected chi connectivity index (χ1v) is 9.70. The number of nitro benzene ring substituents is 1. The Morgan fingerprint density at radius 1 is 1.10 bits per heavy atom. The van der Waals surface area contributed by atoms with E-state index in [0.717, 1.165) is 15.6 Å². The first-order valence-electron chi connectivity index (χ1n) is 8.91. The summed E-state index contributed by atoms with van der Waals surface area (Å²) in [5.74, 6) is 0.716. The third-order valence-electron chi connectivity index (χ3n) is 4.43. The molecule has 1 aromatic heterocycles. The Morgan fingerprint density at radius 3 is 2.53 bits per heavy atom. The van der Waals surface area contributed by atoms with Gasteiger partial charge in [-0.05, 0) is 60.2 Å². The quantitative estimate of drug-likeness (QED) is 0.304. The van der Waals surface area contributed by atoms with E-state index in [1.807, 2.05) is 6.07 Å². The Balaban J connectivity index is 1.48. The van der Waals surface area contributed by atoms with Crippen LogP contribution in [0.15, 0.2) is 71.2 Å². The fraction of sp³-hybridized carbons (Fsp3) is 0.0476. The van der Waals surface area contributed by atoms with Gasteiger partial charge in [0.2, 0.25) is 0 Å². The average molecular weight is 467 g/mol. The van der Waals surface area contributed by atoms with E-state index in [1.165, 1.54) is 12.1 Å². The first-order chi connectivity index (χ1) is 14.5. The number of nitrogens with zero attached hydrogens (tertiary/aromatic N) is 2. The fourth-order valence-electron chi connectivity index (χ4n) is 2.84. The number of amides is 1. The zero-order valence-electron chi connectivity index (χ0n) is 15.5. The minimum Gasteiger partial charge on any atom is -0.489 e. The monoisotopic (exact) mass is 466 g/mol. The number of aromatic amines is 1. The van der Waals surface area contributed by atoms with Crippen LogP contribution in [0.5, 0.6) is 5.75 Å². The molecule has 0 saturated heterocycles. The van der Waals surface area contributed by atoms with Crippen LogP contribution in [0.25, 0.3) is 10.9 Å². The second-order valence-corrected chi connectivity index (χ2v) is 7.37. The Morgan fingerprint density at radius 2 is 1.83 bits per heavy atom. The Bertz CT molecular complexity index is 1220. The van der Waals surface area contributed by atoms with Crippen molar-refractivity contribution >= 4 is 44.2 Å². The van der Waals surface area contributed by atoms with Gasteiger partial charge in [0.1, 0.15) is 12.4 Å². The molecule has 0 aliphatic heterocycles. The van der Waals surface area contributed by atoms with Crippen molar-refractivity contribution in [2.75, 3.05) is 5.32 Å². The summed E-state index contributed by atoms with van der Waals surface area (Å²) in [6.45, 7) is 0.252. The largest absolute Gasteiger partial charge is 0.489 e. The summed E-state index contributed by atoms with van der Waals surface area (Å²) in [7, 11) is 0. The van der Waals surface area contributed by atoms with E-state index in [9.17, 15) is 14.9 Å². The highest BCUT2D eigenvalue weighted by Gasteiger charge is 2.12. The molecular formula is C21H15BrN4O4. The number of aromatic nitrogens is 2. The Labute approximate surface area is 179 Å². The molecule has 4 rings (SSSR count). The molecule has 0 spiro atoms. The molecule has 8 nitrogen and oxygen atoms in total. The highest BCUT2D eigenvalue weighted by Crippen LogP contribution is 2.26. The number of fused-ring (bicyclic) bond motifs is 1. The molecule has 4 aromatic rings. The van der Waals surface area contributed by atoms with E-state index in [-0.39, 0.29) is 18.2 Å². The zero-order chi connectivity index (χ0) is 21.1. The fourth-order valence-corrected chi connectivity index (χ4v) is 3.10. The molecule has 0 aliphatic carbocycles. The topological polar surface area (TPSA) is 110 Å². The molecule has 0 atom stereocenters. The van der Waals surface area contributed by atoms with E-state index < -0.39 is 4.92 Å². The zero-order valence-corrected chi connectivity index (χ0v) is 17.0. The number of halogens is 1. The van der Waals surface area contributed by atoms with Gasteiger partial charge in [-0.15, -0.1) is 0 Å². The maximum atomic E-state index is 12.5. The number of benzene rings is 3.